The van der Waals surface area contributed by atoms with Crippen LogP contribution in [0.15, 0.2) is 28.7 Å². The second kappa shape index (κ2) is 6.55. The molecule has 3 nitrogen and oxygen atoms in total. The van der Waals surface area contributed by atoms with Crippen LogP contribution in [0.2, 0.25) is 0 Å². The largest absolute Gasteiger partial charge is 0.491 e. The van der Waals surface area contributed by atoms with Gasteiger partial charge in [0.25, 0.3) is 0 Å². The number of ether oxygens (including phenoxy) is 2. The predicted molar refractivity (Wildman–Crippen MR) is 76.1 cm³/mol. The summed E-state index contributed by atoms with van der Waals surface area (Å²) in [6.07, 6.45) is 2.31. The van der Waals surface area contributed by atoms with Crippen LogP contribution in [0.4, 0.5) is 0 Å². The van der Waals surface area contributed by atoms with Crippen LogP contribution >= 0.6 is 15.9 Å². The summed E-state index contributed by atoms with van der Waals surface area (Å²) in [5.74, 6) is 0.883. The first-order valence-electron chi connectivity index (χ1n) is 6.41. The molecule has 4 heteroatoms. The van der Waals surface area contributed by atoms with Gasteiger partial charge in [0, 0.05) is 11.0 Å². The first-order valence-corrected chi connectivity index (χ1v) is 7.20. The lowest BCUT2D eigenvalue weighted by atomic mass is 9.96. The molecule has 1 heterocycles. The summed E-state index contributed by atoms with van der Waals surface area (Å²) < 4.78 is 12.6. The lowest BCUT2D eigenvalue weighted by Crippen LogP contribution is -2.45. The van der Waals surface area contributed by atoms with Crippen LogP contribution in [-0.4, -0.2) is 31.9 Å². The van der Waals surface area contributed by atoms with E-state index in [1.54, 1.807) is 0 Å². The monoisotopic (exact) mass is 313 g/mol. The highest BCUT2D eigenvalue weighted by Gasteiger charge is 2.26. The average Bonchev–Trinajstić information content (AvgIpc) is 2.38. The maximum absolute atomic E-state index is 5.92. The van der Waals surface area contributed by atoms with E-state index in [1.807, 2.05) is 24.3 Å². The molecule has 1 aromatic carbocycles. The Bertz CT molecular complexity index is 361. The molecule has 0 amide bonds. The maximum Gasteiger partial charge on any atom is 0.119 e. The smallest absolute Gasteiger partial charge is 0.119 e. The Morgan fingerprint density at radius 2 is 2.06 bits per heavy atom. The van der Waals surface area contributed by atoms with Gasteiger partial charge in [-0.15, -0.1) is 0 Å². The number of rotatable bonds is 5. The van der Waals surface area contributed by atoms with Crippen LogP contribution in [0.1, 0.15) is 19.8 Å². The highest BCUT2D eigenvalue weighted by Crippen LogP contribution is 2.20. The number of nitrogens with one attached hydrogen (secondary N) is 1. The SMILES string of the molecule is CC1(OCCOc2ccc(Br)cc2)CCCNC1. The van der Waals surface area contributed by atoms with Crippen LogP contribution in [0.25, 0.3) is 0 Å². The Hall–Kier alpha value is -0.580. The lowest BCUT2D eigenvalue weighted by Gasteiger charge is -2.34. The van der Waals surface area contributed by atoms with Crippen molar-refractivity contribution >= 4 is 15.9 Å². The van der Waals surface area contributed by atoms with Crippen LogP contribution in [0.3, 0.4) is 0 Å². The lowest BCUT2D eigenvalue weighted by molar-refractivity contribution is -0.0557. The highest BCUT2D eigenvalue weighted by atomic mass is 79.9. The van der Waals surface area contributed by atoms with E-state index in [4.69, 9.17) is 9.47 Å². The summed E-state index contributed by atoms with van der Waals surface area (Å²) in [5, 5.41) is 3.37. The molecular weight excluding hydrogens is 294 g/mol. The number of hydrogen-bond acceptors (Lipinski definition) is 3. The number of halogens is 1. The molecule has 1 atom stereocenters. The van der Waals surface area contributed by atoms with E-state index in [0.29, 0.717) is 13.2 Å². The minimum absolute atomic E-state index is 0.0265. The molecule has 1 aliphatic rings. The molecule has 1 aromatic rings. The van der Waals surface area contributed by atoms with Crippen LogP contribution in [0.5, 0.6) is 5.75 Å². The Labute approximate surface area is 117 Å². The summed E-state index contributed by atoms with van der Waals surface area (Å²) in [4.78, 5) is 0. The Kier molecular flexibility index (Phi) is 5.03. The molecule has 0 aliphatic carbocycles. The van der Waals surface area contributed by atoms with Gasteiger partial charge in [0.2, 0.25) is 0 Å². The molecule has 0 aromatic heterocycles. The molecule has 0 saturated carbocycles. The van der Waals surface area contributed by atoms with Crippen LogP contribution < -0.4 is 10.1 Å². The maximum atomic E-state index is 5.92. The van der Waals surface area contributed by atoms with E-state index >= 15 is 0 Å². The van der Waals surface area contributed by atoms with E-state index in [2.05, 4.69) is 28.2 Å². The third-order valence-corrected chi connectivity index (χ3v) is 3.70. The molecule has 18 heavy (non-hydrogen) atoms. The standard InChI is InChI=1S/C14H20BrNO2/c1-14(7-2-8-16-11-14)18-10-9-17-13-5-3-12(15)4-6-13/h3-6,16H,2,7-11H2,1H3. The zero-order valence-corrected chi connectivity index (χ0v) is 12.3. The second-order valence-corrected chi connectivity index (χ2v) is 5.80. The van der Waals surface area contributed by atoms with Crippen molar-refractivity contribution in [3.8, 4) is 5.75 Å². The molecule has 1 aliphatic heterocycles. The van der Waals surface area contributed by atoms with E-state index in [1.165, 1.54) is 6.42 Å². The van der Waals surface area contributed by atoms with Gasteiger partial charge >= 0.3 is 0 Å². The van der Waals surface area contributed by atoms with Crippen molar-refractivity contribution in [2.24, 2.45) is 0 Å². The number of benzene rings is 1. The first kappa shape index (κ1) is 13.8. The fraction of sp³-hybridized carbons (Fsp3) is 0.571. The summed E-state index contributed by atoms with van der Waals surface area (Å²) in [5.41, 5.74) is -0.0265. The fourth-order valence-corrected chi connectivity index (χ4v) is 2.39. The van der Waals surface area contributed by atoms with Gasteiger partial charge in [0.05, 0.1) is 12.2 Å². The third-order valence-electron chi connectivity index (χ3n) is 3.17. The second-order valence-electron chi connectivity index (χ2n) is 4.88. The zero-order valence-electron chi connectivity index (χ0n) is 10.7. The van der Waals surface area contributed by atoms with Gasteiger partial charge in [-0.05, 0) is 50.6 Å². The van der Waals surface area contributed by atoms with Crippen LogP contribution in [0, 0.1) is 0 Å². The normalized spacial score (nSPS) is 23.9. The third kappa shape index (κ3) is 4.26. The van der Waals surface area contributed by atoms with Gasteiger partial charge in [-0.25, -0.2) is 0 Å². The highest BCUT2D eigenvalue weighted by molar-refractivity contribution is 9.10. The zero-order chi connectivity index (χ0) is 12.8. The average molecular weight is 314 g/mol. The van der Waals surface area contributed by atoms with Crippen molar-refractivity contribution in [2.75, 3.05) is 26.3 Å². The van der Waals surface area contributed by atoms with Gasteiger partial charge in [0.1, 0.15) is 12.4 Å². The van der Waals surface area contributed by atoms with E-state index < -0.39 is 0 Å². The Morgan fingerprint density at radius 3 is 2.72 bits per heavy atom. The molecule has 0 radical (unpaired) electrons. The Morgan fingerprint density at radius 1 is 1.28 bits per heavy atom. The summed E-state index contributed by atoms with van der Waals surface area (Å²) in [6.45, 7) is 5.43. The van der Waals surface area contributed by atoms with Gasteiger partial charge < -0.3 is 14.8 Å². The topological polar surface area (TPSA) is 30.5 Å². The molecule has 100 valence electrons. The van der Waals surface area contributed by atoms with E-state index in [0.717, 1.165) is 29.7 Å². The minimum Gasteiger partial charge on any atom is -0.491 e. The van der Waals surface area contributed by atoms with Crippen molar-refractivity contribution in [2.45, 2.75) is 25.4 Å². The summed E-state index contributed by atoms with van der Waals surface area (Å²) >= 11 is 3.40. The molecular formula is C14H20BrNO2. The minimum atomic E-state index is -0.0265. The molecule has 0 bridgehead atoms. The molecule has 1 unspecified atom stereocenters. The van der Waals surface area contributed by atoms with Gasteiger partial charge in [-0.1, -0.05) is 15.9 Å². The summed E-state index contributed by atoms with van der Waals surface area (Å²) in [6, 6.07) is 7.85. The van der Waals surface area contributed by atoms with Crippen LogP contribution in [-0.2, 0) is 4.74 Å². The predicted octanol–water partition coefficient (Wildman–Crippen LogP) is 2.99. The molecule has 1 saturated heterocycles. The molecule has 0 spiro atoms. The molecule has 1 N–H and O–H groups in total. The Balaban J connectivity index is 1.67. The van der Waals surface area contributed by atoms with Gasteiger partial charge in [-0.3, -0.25) is 0 Å². The number of piperidine rings is 1. The fourth-order valence-electron chi connectivity index (χ4n) is 2.13. The van der Waals surface area contributed by atoms with E-state index in [-0.39, 0.29) is 5.60 Å². The molecule has 2 rings (SSSR count). The van der Waals surface area contributed by atoms with Gasteiger partial charge in [0.15, 0.2) is 0 Å². The quantitative estimate of drug-likeness (QED) is 0.848. The van der Waals surface area contributed by atoms with Crippen molar-refractivity contribution in [3.63, 3.8) is 0 Å². The summed E-state index contributed by atoms with van der Waals surface area (Å²) in [7, 11) is 0. The molecule has 1 fully saturated rings. The number of hydrogen-bond donors (Lipinski definition) is 1. The van der Waals surface area contributed by atoms with E-state index in [9.17, 15) is 0 Å². The first-order chi connectivity index (χ1) is 8.68. The van der Waals surface area contributed by atoms with Crippen molar-refractivity contribution in [3.05, 3.63) is 28.7 Å². The van der Waals surface area contributed by atoms with Crippen molar-refractivity contribution < 1.29 is 9.47 Å². The van der Waals surface area contributed by atoms with Crippen molar-refractivity contribution in [1.29, 1.82) is 0 Å². The van der Waals surface area contributed by atoms with Crippen molar-refractivity contribution in [1.82, 2.24) is 5.32 Å². The van der Waals surface area contributed by atoms with Gasteiger partial charge in [-0.2, -0.15) is 0 Å².